The van der Waals surface area contributed by atoms with Gasteiger partial charge in [0, 0.05) is 22.5 Å². The fourth-order valence-electron chi connectivity index (χ4n) is 7.48. The van der Waals surface area contributed by atoms with Crippen molar-refractivity contribution in [3.8, 4) is 11.1 Å². The fraction of sp³-hybridized carbons (Fsp3) is 0.415. The summed E-state index contributed by atoms with van der Waals surface area (Å²) >= 11 is 0. The van der Waals surface area contributed by atoms with Crippen LogP contribution >= 0.6 is 0 Å². The van der Waals surface area contributed by atoms with Gasteiger partial charge in [-0.25, -0.2) is 0 Å². The fourth-order valence-corrected chi connectivity index (χ4v) is 7.48. The molecule has 3 nitrogen and oxygen atoms in total. The molecule has 0 bridgehead atoms. The van der Waals surface area contributed by atoms with Gasteiger partial charge in [-0.3, -0.25) is 0 Å². The summed E-state index contributed by atoms with van der Waals surface area (Å²) in [5, 5.41) is 20.5. The van der Waals surface area contributed by atoms with Crippen LogP contribution in [0.25, 0.3) is 11.1 Å². The zero-order chi connectivity index (χ0) is 31.5. The number of anilines is 3. The monoisotopic (exact) mass is 601 g/mol. The Kier molecular flexibility index (Phi) is 12.0. The second-order valence-corrected chi connectivity index (χ2v) is 13.0. The first-order chi connectivity index (χ1) is 22.1. The van der Waals surface area contributed by atoms with Gasteiger partial charge in [0.15, 0.2) is 0 Å². The van der Waals surface area contributed by atoms with Crippen molar-refractivity contribution in [3.63, 3.8) is 0 Å². The highest BCUT2D eigenvalue weighted by atomic mass is 16.4. The zero-order valence-electron chi connectivity index (χ0n) is 27.6. The first-order valence-corrected chi connectivity index (χ1v) is 17.6. The van der Waals surface area contributed by atoms with Crippen LogP contribution in [-0.4, -0.2) is 17.2 Å². The van der Waals surface area contributed by atoms with Gasteiger partial charge in [-0.1, -0.05) is 152 Å². The van der Waals surface area contributed by atoms with E-state index in [2.05, 4.69) is 110 Å². The molecule has 0 radical (unpaired) electrons. The van der Waals surface area contributed by atoms with Crippen LogP contribution in [0, 0.1) is 0 Å². The summed E-state index contributed by atoms with van der Waals surface area (Å²) in [6.07, 6.45) is 17.3. The molecule has 0 unspecified atom stereocenters. The Morgan fingerprint density at radius 1 is 0.511 bits per heavy atom. The summed E-state index contributed by atoms with van der Waals surface area (Å²) < 4.78 is 0. The quantitative estimate of drug-likeness (QED) is 0.0881. The molecule has 45 heavy (non-hydrogen) atoms. The molecule has 4 heteroatoms. The highest BCUT2D eigenvalue weighted by Crippen LogP contribution is 2.55. The Labute approximate surface area is 272 Å². The summed E-state index contributed by atoms with van der Waals surface area (Å²) in [6.45, 7) is 4.56. The Balaban J connectivity index is 1.60. The second-order valence-electron chi connectivity index (χ2n) is 13.0. The number of nitrogens with zero attached hydrogens (tertiary/aromatic N) is 1. The molecule has 0 aromatic heterocycles. The van der Waals surface area contributed by atoms with Gasteiger partial charge in [0.05, 0.1) is 0 Å². The van der Waals surface area contributed by atoms with E-state index in [1.165, 1.54) is 99.3 Å². The molecule has 0 amide bonds. The van der Waals surface area contributed by atoms with Gasteiger partial charge < -0.3 is 14.9 Å². The van der Waals surface area contributed by atoms with E-state index in [1.807, 2.05) is 6.07 Å². The molecular formula is C41H52BNO2. The molecule has 1 aliphatic rings. The molecule has 0 aliphatic heterocycles. The number of rotatable bonds is 18. The topological polar surface area (TPSA) is 43.7 Å². The van der Waals surface area contributed by atoms with Crippen LogP contribution in [0.2, 0.25) is 0 Å². The first kappa shape index (κ1) is 33.0. The maximum Gasteiger partial charge on any atom is 0.488 e. The highest BCUT2D eigenvalue weighted by Gasteiger charge is 2.43. The molecule has 0 spiro atoms. The predicted octanol–water partition coefficient (Wildman–Crippen LogP) is 10.6. The smallest absolute Gasteiger partial charge is 0.423 e. The standard InChI is InChI=1S/C41H52BNO2/c1-3-5-7-9-11-19-29-41(30-20-12-10-8-6-4-2)39-31-33(42(44)45)25-27-37(39)38-28-26-36(32-40(38)41)43(34-21-15-13-16-22-34)35-23-17-14-18-24-35/h13-18,21-28,31-32,44-45H,3-12,19-20,29-30H2,1-2H3. The zero-order valence-corrected chi connectivity index (χ0v) is 27.6. The molecule has 4 aromatic carbocycles. The van der Waals surface area contributed by atoms with E-state index in [4.69, 9.17) is 0 Å². The molecular weight excluding hydrogens is 549 g/mol. The van der Waals surface area contributed by atoms with Crippen molar-refractivity contribution in [1.29, 1.82) is 0 Å². The van der Waals surface area contributed by atoms with E-state index in [1.54, 1.807) is 0 Å². The lowest BCUT2D eigenvalue weighted by atomic mass is 9.68. The van der Waals surface area contributed by atoms with Crippen LogP contribution in [0.3, 0.4) is 0 Å². The summed E-state index contributed by atoms with van der Waals surface area (Å²) in [7, 11) is -1.47. The van der Waals surface area contributed by atoms with Gasteiger partial charge in [-0.15, -0.1) is 0 Å². The van der Waals surface area contributed by atoms with E-state index in [9.17, 15) is 10.0 Å². The molecule has 0 saturated carbocycles. The summed E-state index contributed by atoms with van der Waals surface area (Å²) in [5.74, 6) is 0. The van der Waals surface area contributed by atoms with Crippen LogP contribution in [0.1, 0.15) is 115 Å². The van der Waals surface area contributed by atoms with Crippen molar-refractivity contribution in [1.82, 2.24) is 0 Å². The van der Waals surface area contributed by atoms with Gasteiger partial charge >= 0.3 is 7.12 Å². The van der Waals surface area contributed by atoms with E-state index >= 15 is 0 Å². The van der Waals surface area contributed by atoms with Crippen LogP contribution in [-0.2, 0) is 5.41 Å². The molecule has 0 atom stereocenters. The lowest BCUT2D eigenvalue weighted by Gasteiger charge is -2.34. The van der Waals surface area contributed by atoms with E-state index in [0.717, 1.165) is 29.9 Å². The van der Waals surface area contributed by atoms with Crippen molar-refractivity contribution >= 4 is 29.6 Å². The maximum absolute atomic E-state index is 10.3. The van der Waals surface area contributed by atoms with Gasteiger partial charge in [-0.05, 0) is 77.0 Å². The second kappa shape index (κ2) is 16.3. The minimum atomic E-state index is -1.47. The molecule has 0 heterocycles. The van der Waals surface area contributed by atoms with E-state index in [0.29, 0.717) is 5.46 Å². The molecule has 1 aliphatic carbocycles. The number of hydrogen-bond acceptors (Lipinski definition) is 3. The number of hydrogen-bond donors (Lipinski definition) is 2. The number of unbranched alkanes of at least 4 members (excludes halogenated alkanes) is 10. The Morgan fingerprint density at radius 2 is 0.978 bits per heavy atom. The van der Waals surface area contributed by atoms with Gasteiger partial charge in [-0.2, -0.15) is 0 Å². The molecule has 4 aromatic rings. The average Bonchev–Trinajstić information content (AvgIpc) is 3.34. The SMILES string of the molecule is CCCCCCCCC1(CCCCCCCC)c2cc(B(O)O)ccc2-c2ccc(N(c3ccccc3)c3ccccc3)cc21. The normalized spacial score (nSPS) is 13.0. The highest BCUT2D eigenvalue weighted by molar-refractivity contribution is 6.58. The maximum atomic E-state index is 10.3. The largest absolute Gasteiger partial charge is 0.488 e. The van der Waals surface area contributed by atoms with Crippen molar-refractivity contribution in [2.24, 2.45) is 0 Å². The first-order valence-electron chi connectivity index (χ1n) is 17.6. The van der Waals surface area contributed by atoms with Crippen molar-refractivity contribution in [2.45, 2.75) is 109 Å². The lowest BCUT2D eigenvalue weighted by molar-refractivity contribution is 0.397. The summed E-state index contributed by atoms with van der Waals surface area (Å²) in [6, 6.07) is 34.5. The Morgan fingerprint density at radius 3 is 1.49 bits per heavy atom. The third-order valence-corrected chi connectivity index (χ3v) is 9.87. The third-order valence-electron chi connectivity index (χ3n) is 9.87. The van der Waals surface area contributed by atoms with Crippen molar-refractivity contribution in [2.75, 3.05) is 4.90 Å². The van der Waals surface area contributed by atoms with E-state index in [-0.39, 0.29) is 5.41 Å². The van der Waals surface area contributed by atoms with Crippen molar-refractivity contribution in [3.05, 3.63) is 108 Å². The number of benzene rings is 4. The van der Waals surface area contributed by atoms with Crippen molar-refractivity contribution < 1.29 is 10.0 Å². The average molecular weight is 602 g/mol. The van der Waals surface area contributed by atoms with Crippen LogP contribution in [0.15, 0.2) is 97.1 Å². The molecule has 2 N–H and O–H groups in total. The Hall–Kier alpha value is -3.34. The Bertz CT molecular complexity index is 1410. The number of fused-ring (bicyclic) bond motifs is 3. The van der Waals surface area contributed by atoms with Gasteiger partial charge in [0.2, 0.25) is 0 Å². The molecule has 0 fully saturated rings. The lowest BCUT2D eigenvalue weighted by Crippen LogP contribution is -2.32. The van der Waals surface area contributed by atoms with Gasteiger partial charge in [0.1, 0.15) is 0 Å². The minimum Gasteiger partial charge on any atom is -0.423 e. The summed E-state index contributed by atoms with van der Waals surface area (Å²) in [4.78, 5) is 2.37. The number of para-hydroxylation sites is 2. The minimum absolute atomic E-state index is 0.153. The third kappa shape index (κ3) is 7.73. The predicted molar refractivity (Wildman–Crippen MR) is 193 cm³/mol. The molecule has 5 rings (SSSR count). The van der Waals surface area contributed by atoms with Crippen LogP contribution in [0.4, 0.5) is 17.1 Å². The van der Waals surface area contributed by atoms with Crippen LogP contribution < -0.4 is 10.4 Å². The summed E-state index contributed by atoms with van der Waals surface area (Å²) in [5.41, 5.74) is 9.12. The van der Waals surface area contributed by atoms with E-state index < -0.39 is 7.12 Å². The molecule has 236 valence electrons. The molecule has 0 saturated heterocycles. The van der Waals surface area contributed by atoms with Gasteiger partial charge in [0.25, 0.3) is 0 Å². The van der Waals surface area contributed by atoms with Crippen LogP contribution in [0.5, 0.6) is 0 Å².